The number of hydrogen-bond donors (Lipinski definition) is 6. The number of pyridine rings is 2. The van der Waals surface area contributed by atoms with E-state index in [9.17, 15) is 47.0 Å². The van der Waals surface area contributed by atoms with Gasteiger partial charge in [0, 0.05) is 46.7 Å². The van der Waals surface area contributed by atoms with Crippen molar-refractivity contribution >= 4 is 45.0 Å². The molecule has 0 aliphatic heterocycles. The monoisotopic (exact) mass is 839 g/mol. The Morgan fingerprint density at radius 3 is 1.72 bits per heavy atom. The maximum absolute atomic E-state index is 14.4. The number of aromatic nitrogens is 2. The molecule has 2 heterocycles. The van der Waals surface area contributed by atoms with Crippen LogP contribution >= 0.6 is 0 Å². The number of fused-ring (bicyclic) bond motifs is 2. The number of carbonyl (C=O) groups excluding carboxylic acids is 2. The van der Waals surface area contributed by atoms with Crippen LogP contribution in [-0.2, 0) is 22.4 Å². The van der Waals surface area contributed by atoms with Gasteiger partial charge in [-0.25, -0.2) is 4.39 Å². The second kappa shape index (κ2) is 16.2. The lowest BCUT2D eigenvalue weighted by Gasteiger charge is -2.28. The van der Waals surface area contributed by atoms with E-state index in [1.807, 2.05) is 68.4 Å². The summed E-state index contributed by atoms with van der Waals surface area (Å²) >= 11 is 0. The van der Waals surface area contributed by atoms with Gasteiger partial charge in [-0.1, -0.05) is 74.4 Å². The van der Waals surface area contributed by atoms with Gasteiger partial charge in [0.1, 0.15) is 34.5 Å². The number of alkyl halides is 3. The number of para-hydroxylation sites is 1. The van der Waals surface area contributed by atoms with Crippen molar-refractivity contribution in [3.05, 3.63) is 138 Å². The van der Waals surface area contributed by atoms with Crippen LogP contribution < -0.4 is 21.5 Å². The van der Waals surface area contributed by atoms with Crippen LogP contribution in [0.3, 0.4) is 0 Å². The maximum Gasteiger partial charge on any atom is 0.417 e. The Morgan fingerprint density at radius 1 is 0.656 bits per heavy atom. The summed E-state index contributed by atoms with van der Waals surface area (Å²) in [4.78, 5) is 56.5. The minimum absolute atomic E-state index is 0.0195. The number of phenols is 2. The van der Waals surface area contributed by atoms with Gasteiger partial charge in [0.2, 0.25) is 10.9 Å². The highest BCUT2D eigenvalue weighted by Gasteiger charge is 2.34. The number of anilines is 2. The van der Waals surface area contributed by atoms with E-state index in [0.717, 1.165) is 24.4 Å². The highest BCUT2D eigenvalue weighted by atomic mass is 19.4. The van der Waals surface area contributed by atoms with Crippen molar-refractivity contribution in [1.29, 1.82) is 5.26 Å². The van der Waals surface area contributed by atoms with Crippen molar-refractivity contribution in [2.75, 3.05) is 10.6 Å². The third-order valence-corrected chi connectivity index (χ3v) is 9.88. The molecule has 0 aliphatic rings. The van der Waals surface area contributed by atoms with E-state index < -0.39 is 62.0 Å². The average Bonchev–Trinajstić information content (AvgIpc) is 3.14. The van der Waals surface area contributed by atoms with Gasteiger partial charge in [0.15, 0.2) is 0 Å². The Bertz CT molecular complexity index is 2890. The normalized spacial score (nSPS) is 12.1. The number of aromatic amines is 2. The SMILES string of the molecule is CC(C)(C)c1cc(C(C)(C)C)c(NC(=O)c2c[nH]c3cccc(C(F)(F)F)c3c2=O)cc1O.CC(C)(C)c1cc(F)c(NC(=O)c2c[nH]c3c(C#N)cccc3c2=O)cc1O. The molecule has 2 aromatic heterocycles. The maximum atomic E-state index is 14.4. The molecule has 6 aromatic rings. The first kappa shape index (κ1) is 45.1. The Labute approximate surface area is 348 Å². The minimum atomic E-state index is -4.75. The van der Waals surface area contributed by atoms with Crippen molar-refractivity contribution < 1.29 is 37.4 Å². The van der Waals surface area contributed by atoms with Gasteiger partial charge in [-0.15, -0.1) is 0 Å². The van der Waals surface area contributed by atoms with Crippen LogP contribution in [0.4, 0.5) is 28.9 Å². The molecule has 0 aliphatic carbocycles. The summed E-state index contributed by atoms with van der Waals surface area (Å²) in [6.45, 7) is 17.1. The van der Waals surface area contributed by atoms with Crippen LogP contribution in [0.2, 0.25) is 0 Å². The lowest BCUT2D eigenvalue weighted by Crippen LogP contribution is -2.26. The molecule has 2 amide bonds. The number of amides is 2. The van der Waals surface area contributed by atoms with Crippen LogP contribution in [0.5, 0.6) is 11.5 Å². The van der Waals surface area contributed by atoms with Crippen LogP contribution in [0.1, 0.15) is 111 Å². The van der Waals surface area contributed by atoms with Gasteiger partial charge >= 0.3 is 6.18 Å². The third kappa shape index (κ3) is 9.44. The molecule has 0 saturated heterocycles. The fraction of sp³-hybridized carbons (Fsp3) is 0.283. The number of benzene rings is 4. The molecule has 61 heavy (non-hydrogen) atoms. The largest absolute Gasteiger partial charge is 0.508 e. The van der Waals surface area contributed by atoms with E-state index >= 15 is 0 Å². The summed E-state index contributed by atoms with van der Waals surface area (Å²) in [6.07, 6.45) is -2.47. The van der Waals surface area contributed by atoms with Crippen LogP contribution in [-0.4, -0.2) is 32.0 Å². The summed E-state index contributed by atoms with van der Waals surface area (Å²) in [6, 6.07) is 15.4. The first-order chi connectivity index (χ1) is 28.1. The zero-order valence-electron chi connectivity index (χ0n) is 34.9. The minimum Gasteiger partial charge on any atom is -0.508 e. The Kier molecular flexibility index (Phi) is 12.0. The molecule has 0 bridgehead atoms. The lowest BCUT2D eigenvalue weighted by molar-refractivity contribution is -0.136. The van der Waals surface area contributed by atoms with E-state index in [1.165, 1.54) is 30.5 Å². The fourth-order valence-electron chi connectivity index (χ4n) is 6.74. The van der Waals surface area contributed by atoms with E-state index in [-0.39, 0.29) is 50.3 Å². The highest BCUT2D eigenvalue weighted by molar-refractivity contribution is 6.07. The molecule has 6 rings (SSSR count). The Hall–Kier alpha value is -6.95. The molecule has 4 aromatic carbocycles. The molecule has 0 spiro atoms. The summed E-state index contributed by atoms with van der Waals surface area (Å²) in [5.74, 6) is -2.61. The number of phenolic OH excluding ortho intramolecular Hbond substituents is 2. The van der Waals surface area contributed by atoms with Gasteiger partial charge in [0.25, 0.3) is 11.8 Å². The number of aromatic hydroxyl groups is 2. The molecule has 6 N–H and O–H groups in total. The van der Waals surface area contributed by atoms with Gasteiger partial charge in [-0.3, -0.25) is 19.2 Å². The average molecular weight is 840 g/mol. The standard InChI is InChI=1S/C25H27F3N2O3.C21H18FN3O3/c1-23(2,3)15-10-16(24(4,5)6)19(31)11-18(15)30-22(33)13-12-29-17-9-7-8-14(25(26,27)28)20(17)21(13)32;1-21(2,3)14-7-15(22)16(8-17(14)26)25-20(28)13-10-24-18-11(9-23)5-4-6-12(18)19(13)27/h7-12,31H,1-6H3,(H,29,32)(H,30,33);4-8,10,26H,1-3H3,(H,24,27)(H,25,28). The van der Waals surface area contributed by atoms with Crippen molar-refractivity contribution in [2.24, 2.45) is 0 Å². The second-order valence-corrected chi connectivity index (χ2v) is 17.6. The molecule has 318 valence electrons. The zero-order valence-corrected chi connectivity index (χ0v) is 34.9. The number of nitrogens with zero attached hydrogens (tertiary/aromatic N) is 1. The molecule has 0 atom stereocenters. The first-order valence-electron chi connectivity index (χ1n) is 18.9. The van der Waals surface area contributed by atoms with Crippen molar-refractivity contribution in [3.8, 4) is 17.6 Å². The molecule has 0 radical (unpaired) electrons. The van der Waals surface area contributed by atoms with E-state index in [4.69, 9.17) is 5.26 Å². The van der Waals surface area contributed by atoms with E-state index in [0.29, 0.717) is 22.2 Å². The number of hydrogen-bond acceptors (Lipinski definition) is 7. The molecule has 0 saturated carbocycles. The van der Waals surface area contributed by atoms with Crippen LogP contribution in [0.15, 0.2) is 82.6 Å². The van der Waals surface area contributed by atoms with Gasteiger partial charge in [0.05, 0.1) is 27.7 Å². The first-order valence-corrected chi connectivity index (χ1v) is 18.9. The summed E-state index contributed by atoms with van der Waals surface area (Å²) in [5.41, 5.74) is -2.28. The molecule has 11 nitrogen and oxygen atoms in total. The summed E-state index contributed by atoms with van der Waals surface area (Å²) in [5, 5.41) is 34.4. The van der Waals surface area contributed by atoms with E-state index in [1.54, 1.807) is 18.2 Å². The van der Waals surface area contributed by atoms with Gasteiger partial charge in [-0.2, -0.15) is 18.4 Å². The number of H-pyrrole nitrogens is 2. The molecular formula is C46H45F4N5O6. The number of halogens is 4. The van der Waals surface area contributed by atoms with Crippen molar-refractivity contribution in [1.82, 2.24) is 9.97 Å². The summed E-state index contributed by atoms with van der Waals surface area (Å²) < 4.78 is 54.8. The van der Waals surface area contributed by atoms with Crippen molar-refractivity contribution in [2.45, 2.75) is 84.7 Å². The predicted octanol–water partition coefficient (Wildman–Crippen LogP) is 9.89. The van der Waals surface area contributed by atoms with Crippen LogP contribution in [0, 0.1) is 17.1 Å². The van der Waals surface area contributed by atoms with E-state index in [2.05, 4.69) is 20.6 Å². The number of nitrogens with one attached hydrogen (secondary N) is 4. The topological polar surface area (TPSA) is 188 Å². The highest BCUT2D eigenvalue weighted by Crippen LogP contribution is 2.40. The Balaban J connectivity index is 0.000000234. The zero-order chi connectivity index (χ0) is 45.6. The van der Waals surface area contributed by atoms with Gasteiger partial charge in [-0.05, 0) is 63.8 Å². The second-order valence-electron chi connectivity index (χ2n) is 17.6. The number of carbonyl (C=O) groups is 2. The predicted molar refractivity (Wildman–Crippen MR) is 227 cm³/mol. The smallest absolute Gasteiger partial charge is 0.417 e. The molecule has 0 fully saturated rings. The summed E-state index contributed by atoms with van der Waals surface area (Å²) in [7, 11) is 0. The molecule has 15 heteroatoms. The van der Waals surface area contributed by atoms with Crippen molar-refractivity contribution in [3.63, 3.8) is 0 Å². The lowest BCUT2D eigenvalue weighted by atomic mass is 9.79. The third-order valence-electron chi connectivity index (χ3n) is 9.88. The molecule has 0 unspecified atom stereocenters. The van der Waals surface area contributed by atoms with Crippen LogP contribution in [0.25, 0.3) is 21.8 Å². The van der Waals surface area contributed by atoms with Gasteiger partial charge < -0.3 is 30.8 Å². The number of nitriles is 1. The number of rotatable bonds is 4. The quantitative estimate of drug-likeness (QED) is 0.0953. The molecular weight excluding hydrogens is 795 g/mol. The Morgan fingerprint density at radius 2 is 1.16 bits per heavy atom. The fourth-order valence-corrected chi connectivity index (χ4v) is 6.74.